The second-order valence-corrected chi connectivity index (χ2v) is 12.8. The van der Waals surface area contributed by atoms with Crippen LogP contribution in [0.1, 0.15) is 90.7 Å². The molecule has 1 aromatic rings. The zero-order chi connectivity index (χ0) is 22.9. The summed E-state index contributed by atoms with van der Waals surface area (Å²) in [6.45, 7) is 14.6. The Morgan fingerprint density at radius 1 is 1.00 bits per heavy atom. The lowest BCUT2D eigenvalue weighted by molar-refractivity contribution is -0.0905. The van der Waals surface area contributed by atoms with E-state index in [0.29, 0.717) is 17.3 Å². The van der Waals surface area contributed by atoms with Crippen molar-refractivity contribution in [2.45, 2.75) is 99.0 Å². The standard InChI is InChI=1S/C31H44O/c1-20-9-7-8-10-22(20)19-21(2)24-12-13-25-23-11-14-27-29(3,4)28(32)16-18-31(27,6)26(23)15-17-30(24,25)5/h7-10,13,21,24,27-28,32H,11-12,14-19H2,1-6H3/t21-,24-,27?,28+,30-,31-/m1/s1. The topological polar surface area (TPSA) is 20.2 Å². The molecule has 0 heterocycles. The van der Waals surface area contributed by atoms with Gasteiger partial charge in [0.15, 0.2) is 0 Å². The van der Waals surface area contributed by atoms with Crippen molar-refractivity contribution in [3.05, 3.63) is 58.2 Å². The molecule has 4 aliphatic carbocycles. The average Bonchev–Trinajstić information content (AvgIpc) is 3.10. The lowest BCUT2D eigenvalue weighted by Crippen LogP contribution is -2.53. The fourth-order valence-electron chi connectivity index (χ4n) is 8.90. The van der Waals surface area contributed by atoms with Crippen LogP contribution in [0.4, 0.5) is 0 Å². The molecule has 32 heavy (non-hydrogen) atoms. The molecule has 0 saturated heterocycles. The van der Waals surface area contributed by atoms with Gasteiger partial charge >= 0.3 is 0 Å². The molecule has 0 aromatic heterocycles. The van der Waals surface area contributed by atoms with Gasteiger partial charge in [-0.2, -0.15) is 0 Å². The van der Waals surface area contributed by atoms with Crippen molar-refractivity contribution in [2.24, 2.45) is 34.0 Å². The van der Waals surface area contributed by atoms with Crippen molar-refractivity contribution in [1.82, 2.24) is 0 Å². The SMILES string of the molecule is Cc1ccccc1C[C@@H](C)[C@H]1CC=C2C3=C(CC[C@@]21C)[C@@]1(C)CC[C@H](O)C(C)(C)C1CC3. The van der Waals surface area contributed by atoms with Gasteiger partial charge in [0.05, 0.1) is 6.10 Å². The summed E-state index contributed by atoms with van der Waals surface area (Å²) in [6.07, 6.45) is 12.1. The molecule has 4 aliphatic rings. The van der Waals surface area contributed by atoms with Crippen LogP contribution in [0, 0.1) is 40.9 Å². The molecule has 0 aliphatic heterocycles. The van der Waals surface area contributed by atoms with Crippen LogP contribution in [0.15, 0.2) is 47.1 Å². The van der Waals surface area contributed by atoms with Crippen LogP contribution < -0.4 is 0 Å². The maximum atomic E-state index is 10.8. The molecular formula is C31H44O. The largest absolute Gasteiger partial charge is 0.393 e. The van der Waals surface area contributed by atoms with E-state index in [1.807, 2.05) is 0 Å². The maximum absolute atomic E-state index is 10.8. The first-order chi connectivity index (χ1) is 15.1. The highest BCUT2D eigenvalue weighted by Gasteiger charge is 2.57. The number of allylic oxidation sites excluding steroid dienone is 4. The van der Waals surface area contributed by atoms with Crippen LogP contribution in [0.2, 0.25) is 0 Å². The molecule has 174 valence electrons. The van der Waals surface area contributed by atoms with Gasteiger partial charge in [0.2, 0.25) is 0 Å². The van der Waals surface area contributed by atoms with Crippen molar-refractivity contribution in [2.75, 3.05) is 0 Å². The molecule has 0 spiro atoms. The maximum Gasteiger partial charge on any atom is 0.0594 e. The lowest BCUT2D eigenvalue weighted by atomic mass is 9.46. The molecule has 6 atom stereocenters. The van der Waals surface area contributed by atoms with E-state index in [0.717, 1.165) is 18.8 Å². The minimum atomic E-state index is -0.144. The molecular weight excluding hydrogens is 388 g/mol. The number of hydrogen-bond donors (Lipinski definition) is 1. The van der Waals surface area contributed by atoms with Gasteiger partial charge in [-0.3, -0.25) is 0 Å². The molecule has 1 heteroatoms. The third kappa shape index (κ3) is 3.13. The van der Waals surface area contributed by atoms with Gasteiger partial charge in [-0.25, -0.2) is 0 Å². The predicted molar refractivity (Wildman–Crippen MR) is 134 cm³/mol. The first kappa shape index (κ1) is 22.5. The number of fused-ring (bicyclic) bond motifs is 4. The van der Waals surface area contributed by atoms with Crippen LogP contribution in [0.3, 0.4) is 0 Å². The zero-order valence-electron chi connectivity index (χ0n) is 21.3. The molecule has 1 N–H and O–H groups in total. The molecule has 5 rings (SSSR count). The summed E-state index contributed by atoms with van der Waals surface area (Å²) in [5.41, 5.74) is 8.88. The smallest absolute Gasteiger partial charge is 0.0594 e. The monoisotopic (exact) mass is 432 g/mol. The minimum absolute atomic E-state index is 0.0287. The number of aliphatic hydroxyl groups excluding tert-OH is 1. The van der Waals surface area contributed by atoms with Crippen LogP contribution >= 0.6 is 0 Å². The Balaban J connectivity index is 1.44. The highest BCUT2D eigenvalue weighted by Crippen LogP contribution is 2.66. The van der Waals surface area contributed by atoms with Crippen molar-refractivity contribution >= 4 is 0 Å². The van der Waals surface area contributed by atoms with Crippen molar-refractivity contribution in [1.29, 1.82) is 0 Å². The van der Waals surface area contributed by atoms with Gasteiger partial charge in [0.1, 0.15) is 0 Å². The fraction of sp³-hybridized carbons (Fsp3) is 0.677. The number of aryl methyl sites for hydroxylation is 1. The summed E-state index contributed by atoms with van der Waals surface area (Å²) in [5, 5.41) is 10.8. The van der Waals surface area contributed by atoms with Crippen LogP contribution in [-0.4, -0.2) is 11.2 Å². The van der Waals surface area contributed by atoms with Crippen LogP contribution in [0.25, 0.3) is 0 Å². The van der Waals surface area contributed by atoms with E-state index in [9.17, 15) is 5.11 Å². The number of rotatable bonds is 3. The number of aliphatic hydroxyl groups is 1. The second kappa shape index (κ2) is 7.59. The summed E-state index contributed by atoms with van der Waals surface area (Å²) in [6, 6.07) is 8.97. The average molecular weight is 433 g/mol. The van der Waals surface area contributed by atoms with Gasteiger partial charge < -0.3 is 5.11 Å². The molecule has 0 amide bonds. The molecule has 1 saturated carbocycles. The summed E-state index contributed by atoms with van der Waals surface area (Å²) in [7, 11) is 0. The van der Waals surface area contributed by atoms with E-state index in [1.54, 1.807) is 16.7 Å². The van der Waals surface area contributed by atoms with Crippen molar-refractivity contribution in [3.8, 4) is 0 Å². The van der Waals surface area contributed by atoms with Crippen LogP contribution in [-0.2, 0) is 6.42 Å². The summed E-state index contributed by atoms with van der Waals surface area (Å²) >= 11 is 0. The Kier molecular flexibility index (Phi) is 5.32. The van der Waals surface area contributed by atoms with Crippen LogP contribution in [0.5, 0.6) is 0 Å². The third-order valence-electron chi connectivity index (χ3n) is 10.9. The molecule has 1 unspecified atom stereocenters. The van der Waals surface area contributed by atoms with Crippen molar-refractivity contribution in [3.63, 3.8) is 0 Å². The highest BCUT2D eigenvalue weighted by molar-refractivity contribution is 5.50. The predicted octanol–water partition coefficient (Wildman–Crippen LogP) is 7.81. The first-order valence-corrected chi connectivity index (χ1v) is 13.2. The van der Waals surface area contributed by atoms with Gasteiger partial charge in [-0.15, -0.1) is 0 Å². The summed E-state index contributed by atoms with van der Waals surface area (Å²) in [4.78, 5) is 0. The zero-order valence-corrected chi connectivity index (χ0v) is 21.3. The molecule has 1 nitrogen and oxygen atoms in total. The normalized spacial score (nSPS) is 39.1. The Bertz CT molecular complexity index is 964. The molecule has 0 radical (unpaired) electrons. The Labute approximate surface area is 196 Å². The fourth-order valence-corrected chi connectivity index (χ4v) is 8.90. The molecule has 1 fully saturated rings. The van der Waals surface area contributed by atoms with E-state index < -0.39 is 0 Å². The lowest BCUT2D eigenvalue weighted by Gasteiger charge is -2.59. The first-order valence-electron chi connectivity index (χ1n) is 13.2. The quantitative estimate of drug-likeness (QED) is 0.516. The molecule has 0 bridgehead atoms. The van der Waals surface area contributed by atoms with E-state index in [-0.39, 0.29) is 16.9 Å². The van der Waals surface area contributed by atoms with E-state index in [2.05, 4.69) is 71.9 Å². The minimum Gasteiger partial charge on any atom is -0.393 e. The van der Waals surface area contributed by atoms with E-state index >= 15 is 0 Å². The van der Waals surface area contributed by atoms with Gasteiger partial charge in [-0.1, -0.05) is 70.5 Å². The Morgan fingerprint density at radius 2 is 1.75 bits per heavy atom. The van der Waals surface area contributed by atoms with Gasteiger partial charge in [-0.05, 0) is 115 Å². The van der Waals surface area contributed by atoms with Crippen molar-refractivity contribution < 1.29 is 5.11 Å². The van der Waals surface area contributed by atoms with Gasteiger partial charge in [0, 0.05) is 0 Å². The Morgan fingerprint density at radius 3 is 2.50 bits per heavy atom. The number of benzene rings is 1. The second-order valence-electron chi connectivity index (χ2n) is 12.8. The summed E-state index contributed by atoms with van der Waals surface area (Å²) < 4.78 is 0. The molecule has 1 aromatic carbocycles. The summed E-state index contributed by atoms with van der Waals surface area (Å²) in [5.74, 6) is 2.06. The highest BCUT2D eigenvalue weighted by atomic mass is 16.3. The number of hydrogen-bond acceptors (Lipinski definition) is 1. The van der Waals surface area contributed by atoms with E-state index in [4.69, 9.17) is 0 Å². The third-order valence-corrected chi connectivity index (χ3v) is 10.9. The van der Waals surface area contributed by atoms with E-state index in [1.165, 1.54) is 49.7 Å². The Hall–Kier alpha value is -1.34. The van der Waals surface area contributed by atoms with Gasteiger partial charge in [0.25, 0.3) is 0 Å².